The van der Waals surface area contributed by atoms with Gasteiger partial charge in [0.25, 0.3) is 10.0 Å². The van der Waals surface area contributed by atoms with Gasteiger partial charge in [-0.1, -0.05) is 96.9 Å². The Morgan fingerprint density at radius 1 is 0.818 bits per heavy atom. The Morgan fingerprint density at radius 2 is 1.39 bits per heavy atom. The largest absolute Gasteiger partial charge is 0.352 e. The Hall–Kier alpha value is -4.14. The number of amides is 2. The SMILES string of the molecule is CCC(C)NC(=O)C(Cc1ccccc1)N(Cc1ccccc1)C(=O)CN(c1ccc(Cl)cc1)S(=O)(=O)c1ccc(C)cc1. The average molecular weight is 632 g/mol. The van der Waals surface area contributed by atoms with Gasteiger partial charge in [0.15, 0.2) is 0 Å². The molecule has 4 aromatic rings. The van der Waals surface area contributed by atoms with Gasteiger partial charge in [-0.15, -0.1) is 0 Å². The van der Waals surface area contributed by atoms with Gasteiger partial charge in [-0.05, 0) is 67.8 Å². The third-order valence-electron chi connectivity index (χ3n) is 7.47. The van der Waals surface area contributed by atoms with Gasteiger partial charge < -0.3 is 10.2 Å². The summed E-state index contributed by atoms with van der Waals surface area (Å²) < 4.78 is 29.2. The van der Waals surface area contributed by atoms with Crippen LogP contribution in [0.3, 0.4) is 0 Å². The van der Waals surface area contributed by atoms with Crippen molar-refractivity contribution in [3.63, 3.8) is 0 Å². The van der Waals surface area contributed by atoms with E-state index in [1.165, 1.54) is 17.0 Å². The highest BCUT2D eigenvalue weighted by molar-refractivity contribution is 7.92. The fourth-order valence-corrected chi connectivity index (χ4v) is 6.29. The molecule has 7 nitrogen and oxygen atoms in total. The summed E-state index contributed by atoms with van der Waals surface area (Å²) in [5, 5.41) is 3.48. The molecule has 2 atom stereocenters. The first-order valence-corrected chi connectivity index (χ1v) is 16.4. The molecule has 0 aromatic heterocycles. The van der Waals surface area contributed by atoms with E-state index in [0.29, 0.717) is 5.02 Å². The number of benzene rings is 4. The minimum absolute atomic E-state index is 0.0517. The van der Waals surface area contributed by atoms with Crippen LogP contribution in [0.25, 0.3) is 0 Å². The number of sulfonamides is 1. The number of hydrogen-bond donors (Lipinski definition) is 1. The van der Waals surface area contributed by atoms with Crippen molar-refractivity contribution in [1.82, 2.24) is 10.2 Å². The fourth-order valence-electron chi connectivity index (χ4n) is 4.75. The van der Waals surface area contributed by atoms with Crippen LogP contribution in [-0.2, 0) is 32.6 Å². The second-order valence-corrected chi connectivity index (χ2v) is 13.1. The summed E-state index contributed by atoms with van der Waals surface area (Å²) in [5.74, 6) is -0.813. The van der Waals surface area contributed by atoms with E-state index in [1.807, 2.05) is 81.4 Å². The zero-order valence-electron chi connectivity index (χ0n) is 25.2. The molecule has 1 N–H and O–H groups in total. The van der Waals surface area contributed by atoms with Crippen molar-refractivity contribution in [3.8, 4) is 0 Å². The highest BCUT2D eigenvalue weighted by Crippen LogP contribution is 2.26. The number of carbonyl (C=O) groups excluding carboxylic acids is 2. The molecule has 0 aliphatic rings. The topological polar surface area (TPSA) is 86.8 Å². The van der Waals surface area contributed by atoms with E-state index in [0.717, 1.165) is 27.4 Å². The lowest BCUT2D eigenvalue weighted by atomic mass is 10.0. The van der Waals surface area contributed by atoms with Gasteiger partial charge in [0.1, 0.15) is 12.6 Å². The van der Waals surface area contributed by atoms with Gasteiger partial charge in [-0.2, -0.15) is 0 Å². The summed E-state index contributed by atoms with van der Waals surface area (Å²) in [7, 11) is -4.17. The second-order valence-electron chi connectivity index (χ2n) is 10.8. The van der Waals surface area contributed by atoms with Crippen LogP contribution >= 0.6 is 11.6 Å². The Labute approximate surface area is 265 Å². The molecule has 2 amide bonds. The van der Waals surface area contributed by atoms with Gasteiger partial charge in [0.05, 0.1) is 10.6 Å². The molecule has 0 radical (unpaired) electrons. The predicted octanol–water partition coefficient (Wildman–Crippen LogP) is 6.40. The quantitative estimate of drug-likeness (QED) is 0.185. The van der Waals surface area contributed by atoms with E-state index in [9.17, 15) is 18.0 Å². The molecule has 0 saturated heterocycles. The van der Waals surface area contributed by atoms with Crippen molar-refractivity contribution in [2.45, 2.75) is 57.1 Å². The molecule has 0 saturated carbocycles. The Balaban J connectivity index is 1.79. The molecule has 44 heavy (non-hydrogen) atoms. The summed E-state index contributed by atoms with van der Waals surface area (Å²) in [6.45, 7) is 5.35. The maximum Gasteiger partial charge on any atom is 0.264 e. The molecule has 0 aliphatic carbocycles. The third kappa shape index (κ3) is 8.49. The van der Waals surface area contributed by atoms with Crippen molar-refractivity contribution >= 4 is 39.1 Å². The lowest BCUT2D eigenvalue weighted by Crippen LogP contribution is -2.54. The Kier molecular flexibility index (Phi) is 11.2. The molecule has 4 rings (SSSR count). The number of halogens is 1. The van der Waals surface area contributed by atoms with E-state index < -0.39 is 28.5 Å². The standard InChI is InChI=1S/C35H38ClN3O4S/c1-4-27(3)37-35(41)33(23-28-11-7-5-8-12-28)38(24-29-13-9-6-10-14-29)34(40)25-39(31-19-17-30(36)18-20-31)44(42,43)32-21-15-26(2)16-22-32/h5-22,27,33H,4,23-25H2,1-3H3,(H,37,41). The van der Waals surface area contributed by atoms with Crippen molar-refractivity contribution in [2.24, 2.45) is 0 Å². The molecule has 0 bridgehead atoms. The molecular formula is C35H38ClN3O4S. The first-order valence-electron chi connectivity index (χ1n) is 14.6. The third-order valence-corrected chi connectivity index (χ3v) is 9.51. The van der Waals surface area contributed by atoms with Crippen molar-refractivity contribution < 1.29 is 18.0 Å². The first-order chi connectivity index (χ1) is 21.1. The minimum atomic E-state index is -4.17. The second kappa shape index (κ2) is 15.0. The van der Waals surface area contributed by atoms with E-state index in [1.54, 1.807) is 36.4 Å². The van der Waals surface area contributed by atoms with Crippen LogP contribution in [0, 0.1) is 6.92 Å². The normalized spacial score (nSPS) is 12.6. The van der Waals surface area contributed by atoms with Gasteiger partial charge in [0.2, 0.25) is 11.8 Å². The van der Waals surface area contributed by atoms with Gasteiger partial charge in [0, 0.05) is 24.0 Å². The van der Waals surface area contributed by atoms with Crippen molar-refractivity contribution in [3.05, 3.63) is 131 Å². The number of nitrogens with one attached hydrogen (secondary N) is 1. The molecule has 230 valence electrons. The minimum Gasteiger partial charge on any atom is -0.352 e. The summed E-state index contributed by atoms with van der Waals surface area (Å²) >= 11 is 6.13. The van der Waals surface area contributed by atoms with Crippen LogP contribution in [0.5, 0.6) is 0 Å². The highest BCUT2D eigenvalue weighted by Gasteiger charge is 2.35. The predicted molar refractivity (Wildman–Crippen MR) is 176 cm³/mol. The molecule has 0 spiro atoms. The molecule has 4 aromatic carbocycles. The van der Waals surface area contributed by atoms with Crippen LogP contribution in [0.15, 0.2) is 114 Å². The van der Waals surface area contributed by atoms with E-state index in [2.05, 4.69) is 5.32 Å². The lowest BCUT2D eigenvalue weighted by Gasteiger charge is -2.34. The summed E-state index contributed by atoms with van der Waals surface area (Å²) in [4.78, 5) is 29.8. The molecule has 0 fully saturated rings. The van der Waals surface area contributed by atoms with Crippen molar-refractivity contribution in [1.29, 1.82) is 0 Å². The first kappa shape index (κ1) is 32.8. The van der Waals surface area contributed by atoms with Gasteiger partial charge in [-0.3, -0.25) is 13.9 Å². The van der Waals surface area contributed by atoms with E-state index >= 15 is 0 Å². The number of aryl methyl sites for hydroxylation is 1. The Bertz CT molecular complexity index is 1630. The van der Waals surface area contributed by atoms with Crippen LogP contribution < -0.4 is 9.62 Å². The fraction of sp³-hybridized carbons (Fsp3) is 0.257. The number of nitrogens with zero attached hydrogens (tertiary/aromatic N) is 2. The van der Waals surface area contributed by atoms with Gasteiger partial charge >= 0.3 is 0 Å². The summed E-state index contributed by atoms with van der Waals surface area (Å²) in [6, 6.07) is 30.6. The lowest BCUT2D eigenvalue weighted by molar-refractivity contribution is -0.140. The van der Waals surface area contributed by atoms with Crippen LogP contribution in [0.4, 0.5) is 5.69 Å². The molecule has 9 heteroatoms. The van der Waals surface area contributed by atoms with E-state index in [-0.39, 0.29) is 35.5 Å². The number of carbonyl (C=O) groups is 2. The molecule has 0 aliphatic heterocycles. The smallest absolute Gasteiger partial charge is 0.264 e. The number of hydrogen-bond acceptors (Lipinski definition) is 4. The highest BCUT2D eigenvalue weighted by atomic mass is 35.5. The van der Waals surface area contributed by atoms with Crippen LogP contribution in [0.1, 0.15) is 37.0 Å². The van der Waals surface area contributed by atoms with Crippen molar-refractivity contribution in [2.75, 3.05) is 10.8 Å². The zero-order valence-corrected chi connectivity index (χ0v) is 26.8. The summed E-state index contributed by atoms with van der Waals surface area (Å²) in [6.07, 6.45) is 0.975. The maximum atomic E-state index is 14.4. The van der Waals surface area contributed by atoms with E-state index in [4.69, 9.17) is 11.6 Å². The van der Waals surface area contributed by atoms with Gasteiger partial charge in [-0.25, -0.2) is 8.42 Å². The molecule has 2 unspecified atom stereocenters. The van der Waals surface area contributed by atoms with Crippen LogP contribution in [-0.4, -0.2) is 43.8 Å². The molecule has 0 heterocycles. The monoisotopic (exact) mass is 631 g/mol. The zero-order chi connectivity index (χ0) is 31.7. The average Bonchev–Trinajstić information content (AvgIpc) is 3.03. The number of anilines is 1. The number of rotatable bonds is 13. The van der Waals surface area contributed by atoms with Crippen LogP contribution in [0.2, 0.25) is 5.02 Å². The Morgan fingerprint density at radius 3 is 1.95 bits per heavy atom. The molecular weight excluding hydrogens is 594 g/mol. The summed E-state index contributed by atoms with van der Waals surface area (Å²) in [5.41, 5.74) is 2.88. The maximum absolute atomic E-state index is 14.4.